The predicted octanol–water partition coefficient (Wildman–Crippen LogP) is 2.04. The lowest BCUT2D eigenvalue weighted by molar-refractivity contribution is -0.147. The minimum Gasteiger partial charge on any atom is -0.460 e. The van der Waals surface area contributed by atoms with E-state index in [1.807, 2.05) is 6.92 Å². The highest BCUT2D eigenvalue weighted by Crippen LogP contribution is 2.14. The van der Waals surface area contributed by atoms with Gasteiger partial charge in [0.25, 0.3) is 10.1 Å². The Balaban J connectivity index is 2.69. The van der Waals surface area contributed by atoms with Crippen molar-refractivity contribution in [2.45, 2.75) is 38.2 Å². The lowest BCUT2D eigenvalue weighted by Gasteiger charge is -2.15. The largest absolute Gasteiger partial charge is 0.460 e. The maximum atomic E-state index is 11.9. The van der Waals surface area contributed by atoms with Crippen molar-refractivity contribution < 1.29 is 22.1 Å². The molecule has 1 aromatic rings. The molecule has 0 aliphatic rings. The van der Waals surface area contributed by atoms with Crippen LogP contribution in [0.2, 0.25) is 0 Å². The normalized spacial score (nSPS) is 13.0. The van der Waals surface area contributed by atoms with Crippen LogP contribution in [-0.4, -0.2) is 27.1 Å². The molecule has 0 bridgehead atoms. The average Bonchev–Trinajstić information content (AvgIpc) is 2.34. The maximum absolute atomic E-state index is 11.9. The molecule has 1 aromatic carbocycles. The third-order valence-corrected chi connectivity index (χ3v) is 3.80. The van der Waals surface area contributed by atoms with E-state index in [-0.39, 0.29) is 11.5 Å². The average molecular weight is 286 g/mol. The zero-order valence-electron chi connectivity index (χ0n) is 11.3. The van der Waals surface area contributed by atoms with Crippen LogP contribution in [0.1, 0.15) is 25.8 Å². The molecule has 0 amide bonds. The van der Waals surface area contributed by atoms with Crippen molar-refractivity contribution in [3.8, 4) is 0 Å². The summed E-state index contributed by atoms with van der Waals surface area (Å²) in [6.45, 7) is 4.75. The van der Waals surface area contributed by atoms with Crippen molar-refractivity contribution in [3.05, 3.63) is 29.8 Å². The summed E-state index contributed by atoms with van der Waals surface area (Å²) in [4.78, 5) is 10.9. The molecule has 0 saturated carbocycles. The van der Waals surface area contributed by atoms with Gasteiger partial charge in [0.05, 0.1) is 4.90 Å². The van der Waals surface area contributed by atoms with Gasteiger partial charge in [0.2, 0.25) is 0 Å². The number of benzene rings is 1. The van der Waals surface area contributed by atoms with E-state index in [1.165, 1.54) is 19.1 Å². The Hall–Kier alpha value is -1.40. The summed E-state index contributed by atoms with van der Waals surface area (Å²) >= 11 is 0. The van der Waals surface area contributed by atoms with Crippen LogP contribution in [0, 0.1) is 6.92 Å². The molecule has 19 heavy (non-hydrogen) atoms. The number of carbonyl (C=O) groups excluding carboxylic acids is 1. The highest BCUT2D eigenvalue weighted by atomic mass is 32.2. The Morgan fingerprint density at radius 2 is 1.84 bits per heavy atom. The van der Waals surface area contributed by atoms with Gasteiger partial charge in [0, 0.05) is 6.92 Å². The fraction of sp³-hybridized carbons (Fsp3) is 0.462. The minimum atomic E-state index is -3.81. The van der Waals surface area contributed by atoms with Crippen LogP contribution in [0.3, 0.4) is 0 Å². The van der Waals surface area contributed by atoms with E-state index in [1.54, 1.807) is 19.1 Å². The molecule has 5 nitrogen and oxygen atoms in total. The van der Waals surface area contributed by atoms with Crippen LogP contribution in [0.15, 0.2) is 29.2 Å². The number of esters is 1. The highest BCUT2D eigenvalue weighted by molar-refractivity contribution is 7.86. The molecule has 1 atom stereocenters. The fourth-order valence-corrected chi connectivity index (χ4v) is 2.34. The first kappa shape index (κ1) is 15.7. The standard InChI is InChI=1S/C13H18O5S/c1-4-12(18-11(3)14)9-17-19(15,16)13-7-5-10(2)6-8-13/h5-8,12H,4,9H2,1-3H3. The predicted molar refractivity (Wildman–Crippen MR) is 70.2 cm³/mol. The molecule has 0 N–H and O–H groups in total. The monoisotopic (exact) mass is 286 g/mol. The lowest BCUT2D eigenvalue weighted by atomic mass is 10.2. The number of aryl methyl sites for hydroxylation is 1. The first-order valence-corrected chi connectivity index (χ1v) is 7.39. The van der Waals surface area contributed by atoms with Crippen LogP contribution < -0.4 is 0 Å². The Bertz CT molecular complexity index is 518. The quantitative estimate of drug-likeness (QED) is 0.591. The molecule has 0 aromatic heterocycles. The van der Waals surface area contributed by atoms with E-state index in [0.29, 0.717) is 6.42 Å². The zero-order valence-corrected chi connectivity index (χ0v) is 12.1. The number of ether oxygens (including phenoxy) is 1. The molecule has 0 heterocycles. The molecular weight excluding hydrogens is 268 g/mol. The van der Waals surface area contributed by atoms with Gasteiger partial charge in [-0.1, -0.05) is 24.6 Å². The van der Waals surface area contributed by atoms with E-state index >= 15 is 0 Å². The molecule has 0 aliphatic carbocycles. The minimum absolute atomic E-state index is 0.0933. The third kappa shape index (κ3) is 5.00. The Morgan fingerprint density at radius 1 is 1.26 bits per heavy atom. The van der Waals surface area contributed by atoms with Crippen molar-refractivity contribution in [2.24, 2.45) is 0 Å². The topological polar surface area (TPSA) is 69.7 Å². The molecule has 6 heteroatoms. The van der Waals surface area contributed by atoms with Gasteiger partial charge in [-0.15, -0.1) is 0 Å². The number of hydrogen-bond acceptors (Lipinski definition) is 5. The first-order chi connectivity index (χ1) is 8.85. The fourth-order valence-electron chi connectivity index (χ4n) is 1.41. The van der Waals surface area contributed by atoms with Crippen LogP contribution in [0.5, 0.6) is 0 Å². The van der Waals surface area contributed by atoms with E-state index in [2.05, 4.69) is 0 Å². The summed E-state index contributed by atoms with van der Waals surface area (Å²) in [5.74, 6) is -0.455. The smallest absolute Gasteiger partial charge is 0.302 e. The van der Waals surface area contributed by atoms with Gasteiger partial charge in [0.1, 0.15) is 12.7 Å². The third-order valence-electron chi connectivity index (χ3n) is 2.51. The van der Waals surface area contributed by atoms with Gasteiger partial charge >= 0.3 is 5.97 Å². The van der Waals surface area contributed by atoms with Crippen molar-refractivity contribution >= 4 is 16.1 Å². The molecular formula is C13H18O5S. The second kappa shape index (κ2) is 6.68. The number of rotatable bonds is 6. The van der Waals surface area contributed by atoms with E-state index in [0.717, 1.165) is 5.56 Å². The number of carbonyl (C=O) groups is 1. The second-order valence-electron chi connectivity index (χ2n) is 4.19. The maximum Gasteiger partial charge on any atom is 0.302 e. The molecule has 1 rings (SSSR count). The molecule has 0 radical (unpaired) electrons. The summed E-state index contributed by atoms with van der Waals surface area (Å²) < 4.78 is 33.6. The molecule has 0 fully saturated rings. The Morgan fingerprint density at radius 3 is 2.32 bits per heavy atom. The molecule has 0 spiro atoms. The van der Waals surface area contributed by atoms with Crippen molar-refractivity contribution in [1.29, 1.82) is 0 Å². The van der Waals surface area contributed by atoms with Crippen LogP contribution in [-0.2, 0) is 23.8 Å². The number of hydrogen-bond donors (Lipinski definition) is 0. The van der Waals surface area contributed by atoms with E-state index < -0.39 is 22.2 Å². The Labute approximate surface area is 113 Å². The van der Waals surface area contributed by atoms with E-state index in [4.69, 9.17) is 8.92 Å². The molecule has 1 unspecified atom stereocenters. The summed E-state index contributed by atoms with van der Waals surface area (Å²) in [7, 11) is -3.81. The zero-order chi connectivity index (χ0) is 14.5. The summed E-state index contributed by atoms with van der Waals surface area (Å²) in [5.41, 5.74) is 0.963. The summed E-state index contributed by atoms with van der Waals surface area (Å²) in [6, 6.07) is 6.36. The highest BCUT2D eigenvalue weighted by Gasteiger charge is 2.19. The SMILES string of the molecule is CCC(COS(=O)(=O)c1ccc(C)cc1)OC(C)=O. The van der Waals surface area contributed by atoms with Crippen molar-refractivity contribution in [2.75, 3.05) is 6.61 Å². The Kier molecular flexibility index (Phi) is 5.50. The van der Waals surface area contributed by atoms with Crippen LogP contribution in [0.4, 0.5) is 0 Å². The van der Waals surface area contributed by atoms with E-state index in [9.17, 15) is 13.2 Å². The van der Waals surface area contributed by atoms with Gasteiger partial charge in [-0.05, 0) is 25.5 Å². The molecule has 0 aliphatic heterocycles. The van der Waals surface area contributed by atoms with Gasteiger partial charge in [-0.3, -0.25) is 8.98 Å². The van der Waals surface area contributed by atoms with Gasteiger partial charge in [-0.25, -0.2) is 0 Å². The van der Waals surface area contributed by atoms with Crippen molar-refractivity contribution in [3.63, 3.8) is 0 Å². The summed E-state index contributed by atoms with van der Waals surface area (Å²) in [6.07, 6.45) is -0.0686. The second-order valence-corrected chi connectivity index (χ2v) is 5.81. The summed E-state index contributed by atoms with van der Waals surface area (Å²) in [5, 5.41) is 0. The van der Waals surface area contributed by atoms with Crippen LogP contribution >= 0.6 is 0 Å². The lowest BCUT2D eigenvalue weighted by Crippen LogP contribution is -2.23. The van der Waals surface area contributed by atoms with Gasteiger partial charge in [-0.2, -0.15) is 8.42 Å². The first-order valence-electron chi connectivity index (χ1n) is 5.98. The van der Waals surface area contributed by atoms with Gasteiger partial charge < -0.3 is 4.74 Å². The van der Waals surface area contributed by atoms with Crippen LogP contribution in [0.25, 0.3) is 0 Å². The van der Waals surface area contributed by atoms with Crippen molar-refractivity contribution in [1.82, 2.24) is 0 Å². The van der Waals surface area contributed by atoms with Gasteiger partial charge in [0.15, 0.2) is 0 Å². The molecule has 0 saturated heterocycles. The molecule has 106 valence electrons.